The van der Waals surface area contributed by atoms with Crippen LogP contribution >= 0.6 is 0 Å². The van der Waals surface area contributed by atoms with E-state index in [0.717, 1.165) is 63.1 Å². The van der Waals surface area contributed by atoms with Crippen LogP contribution < -0.4 is 4.74 Å². The molecule has 1 saturated heterocycles. The number of amides is 1. The second-order valence-corrected chi connectivity index (χ2v) is 7.47. The van der Waals surface area contributed by atoms with E-state index in [2.05, 4.69) is 16.1 Å². The first kappa shape index (κ1) is 17.1. The van der Waals surface area contributed by atoms with Crippen molar-refractivity contribution in [3.8, 4) is 5.75 Å². The van der Waals surface area contributed by atoms with Gasteiger partial charge in [-0.1, -0.05) is 18.2 Å². The van der Waals surface area contributed by atoms with E-state index in [-0.39, 0.29) is 5.92 Å². The van der Waals surface area contributed by atoms with Gasteiger partial charge in [-0.3, -0.25) is 9.48 Å². The van der Waals surface area contributed by atoms with Crippen LogP contribution in [0.3, 0.4) is 0 Å². The first-order valence-electron chi connectivity index (χ1n) is 9.76. The molecule has 0 bridgehead atoms. The summed E-state index contributed by atoms with van der Waals surface area (Å²) in [6.07, 6.45) is 8.81. The average molecular weight is 353 g/mol. The van der Waals surface area contributed by atoms with E-state index in [9.17, 15) is 4.79 Å². The number of hydrogen-bond acceptors (Lipinski definition) is 3. The van der Waals surface area contributed by atoms with E-state index >= 15 is 0 Å². The average Bonchev–Trinajstić information content (AvgIpc) is 3.11. The van der Waals surface area contributed by atoms with Crippen molar-refractivity contribution in [1.29, 1.82) is 0 Å². The summed E-state index contributed by atoms with van der Waals surface area (Å²) in [5.74, 6) is 2.01. The van der Waals surface area contributed by atoms with Gasteiger partial charge in [0.15, 0.2) is 0 Å². The third-order valence-electron chi connectivity index (χ3n) is 5.76. The molecule has 138 valence electrons. The number of piperidine rings is 1. The monoisotopic (exact) mass is 353 g/mol. The largest absolute Gasteiger partial charge is 0.493 e. The molecule has 26 heavy (non-hydrogen) atoms. The lowest BCUT2D eigenvalue weighted by molar-refractivity contribution is -0.137. The van der Waals surface area contributed by atoms with Crippen LogP contribution in [-0.4, -0.2) is 40.3 Å². The minimum Gasteiger partial charge on any atom is -0.493 e. The van der Waals surface area contributed by atoms with Crippen LogP contribution in [0, 0.1) is 11.8 Å². The Morgan fingerprint density at radius 2 is 2.00 bits per heavy atom. The third kappa shape index (κ3) is 3.92. The van der Waals surface area contributed by atoms with Crippen LogP contribution in [0.15, 0.2) is 42.7 Å². The Morgan fingerprint density at radius 1 is 1.15 bits per heavy atom. The molecule has 0 saturated carbocycles. The van der Waals surface area contributed by atoms with Gasteiger partial charge in [-0.15, -0.1) is 0 Å². The molecule has 0 unspecified atom stereocenters. The summed E-state index contributed by atoms with van der Waals surface area (Å²) in [6, 6.07) is 10.1. The number of nitrogens with zero attached hydrogens (tertiary/aromatic N) is 3. The molecular weight excluding hydrogens is 326 g/mol. The van der Waals surface area contributed by atoms with E-state index in [1.165, 1.54) is 0 Å². The zero-order valence-electron chi connectivity index (χ0n) is 15.2. The van der Waals surface area contributed by atoms with Gasteiger partial charge in [0.25, 0.3) is 0 Å². The Bertz CT molecular complexity index is 721. The zero-order chi connectivity index (χ0) is 17.8. The Balaban J connectivity index is 1.29. The van der Waals surface area contributed by atoms with Gasteiger partial charge in [-0.05, 0) is 55.7 Å². The van der Waals surface area contributed by atoms with Crippen molar-refractivity contribution in [3.05, 3.63) is 48.3 Å². The summed E-state index contributed by atoms with van der Waals surface area (Å²) in [5, 5.41) is 4.27. The summed E-state index contributed by atoms with van der Waals surface area (Å²) in [6.45, 7) is 3.39. The van der Waals surface area contributed by atoms with E-state index in [1.807, 2.05) is 41.3 Å². The lowest BCUT2D eigenvalue weighted by atomic mass is 9.91. The van der Waals surface area contributed by atoms with Crippen molar-refractivity contribution in [2.45, 2.75) is 38.6 Å². The normalized spacial score (nSPS) is 20.9. The van der Waals surface area contributed by atoms with Crippen LogP contribution in [0.4, 0.5) is 0 Å². The van der Waals surface area contributed by atoms with Crippen LogP contribution in [0.2, 0.25) is 0 Å². The fourth-order valence-corrected chi connectivity index (χ4v) is 4.15. The number of likely N-dealkylation sites (tertiary alicyclic amines) is 1. The molecule has 2 aliphatic heterocycles. The van der Waals surface area contributed by atoms with E-state index < -0.39 is 0 Å². The number of hydrogen-bond donors (Lipinski definition) is 0. The first-order chi connectivity index (χ1) is 12.8. The molecule has 1 aromatic carbocycles. The van der Waals surface area contributed by atoms with Crippen LogP contribution in [0.1, 0.15) is 31.2 Å². The summed E-state index contributed by atoms with van der Waals surface area (Å²) in [7, 11) is 0. The zero-order valence-corrected chi connectivity index (χ0v) is 15.2. The Labute approximate surface area is 154 Å². The van der Waals surface area contributed by atoms with Crippen LogP contribution in [-0.2, 0) is 17.8 Å². The van der Waals surface area contributed by atoms with E-state index in [0.29, 0.717) is 18.4 Å². The first-order valence-corrected chi connectivity index (χ1v) is 9.76. The number of rotatable bonds is 4. The SMILES string of the molecule is O=C([C@@H]1CCOc2ccccc2C1)N1CCC(CCn2cccn2)CC1. The summed E-state index contributed by atoms with van der Waals surface area (Å²) in [4.78, 5) is 15.1. The standard InChI is InChI=1S/C21H27N3O2/c25-21(19-9-15-26-20-5-2-1-4-18(20)16-19)23-12-6-17(7-13-23)8-14-24-11-3-10-22-24/h1-5,10-11,17,19H,6-9,12-16H2/t19-/m1/s1. The van der Waals surface area contributed by atoms with Crippen LogP contribution in [0.5, 0.6) is 5.75 Å². The van der Waals surface area contributed by atoms with Crippen molar-refractivity contribution >= 4 is 5.91 Å². The molecule has 2 aliphatic rings. The lowest BCUT2D eigenvalue weighted by Gasteiger charge is -2.34. The number of aromatic nitrogens is 2. The second-order valence-electron chi connectivity index (χ2n) is 7.47. The molecule has 1 atom stereocenters. The minimum atomic E-state index is 0.0549. The summed E-state index contributed by atoms with van der Waals surface area (Å²) in [5.41, 5.74) is 1.16. The van der Waals surface area contributed by atoms with Gasteiger partial charge < -0.3 is 9.64 Å². The number of carbonyl (C=O) groups is 1. The quantitative estimate of drug-likeness (QED) is 0.848. The summed E-state index contributed by atoms with van der Waals surface area (Å²) < 4.78 is 7.82. The van der Waals surface area contributed by atoms with E-state index in [1.54, 1.807) is 0 Å². The highest BCUT2D eigenvalue weighted by Gasteiger charge is 2.30. The molecule has 3 heterocycles. The Hall–Kier alpha value is -2.30. The Kier molecular flexibility index (Phi) is 5.23. The molecule has 4 rings (SSSR count). The molecule has 1 amide bonds. The smallest absolute Gasteiger partial charge is 0.226 e. The van der Waals surface area contributed by atoms with Gasteiger partial charge in [0, 0.05) is 37.9 Å². The molecule has 2 aromatic rings. The van der Waals surface area contributed by atoms with Crippen molar-refractivity contribution in [3.63, 3.8) is 0 Å². The lowest BCUT2D eigenvalue weighted by Crippen LogP contribution is -2.42. The Morgan fingerprint density at radius 3 is 2.81 bits per heavy atom. The fraction of sp³-hybridized carbons (Fsp3) is 0.524. The van der Waals surface area contributed by atoms with Crippen molar-refractivity contribution in [2.24, 2.45) is 11.8 Å². The number of carbonyl (C=O) groups excluding carboxylic acids is 1. The van der Waals surface area contributed by atoms with Gasteiger partial charge in [0.1, 0.15) is 5.75 Å². The topological polar surface area (TPSA) is 47.4 Å². The molecular formula is C21H27N3O2. The molecule has 0 radical (unpaired) electrons. The van der Waals surface area contributed by atoms with Gasteiger partial charge >= 0.3 is 0 Å². The number of fused-ring (bicyclic) bond motifs is 1. The maximum atomic E-state index is 13.0. The van der Waals surface area contributed by atoms with Crippen molar-refractivity contribution < 1.29 is 9.53 Å². The molecule has 5 heteroatoms. The van der Waals surface area contributed by atoms with Gasteiger partial charge in [0.2, 0.25) is 5.91 Å². The van der Waals surface area contributed by atoms with Gasteiger partial charge in [0.05, 0.1) is 6.61 Å². The maximum Gasteiger partial charge on any atom is 0.226 e. The van der Waals surface area contributed by atoms with Gasteiger partial charge in [-0.25, -0.2) is 0 Å². The number of benzene rings is 1. The number of aryl methyl sites for hydroxylation is 1. The van der Waals surface area contributed by atoms with Crippen LogP contribution in [0.25, 0.3) is 0 Å². The number of ether oxygens (including phenoxy) is 1. The molecule has 1 aromatic heterocycles. The number of para-hydroxylation sites is 1. The fourth-order valence-electron chi connectivity index (χ4n) is 4.15. The molecule has 5 nitrogen and oxygen atoms in total. The summed E-state index contributed by atoms with van der Waals surface area (Å²) >= 11 is 0. The van der Waals surface area contributed by atoms with E-state index in [4.69, 9.17) is 4.74 Å². The second kappa shape index (κ2) is 7.94. The molecule has 0 spiro atoms. The maximum absolute atomic E-state index is 13.0. The predicted molar refractivity (Wildman–Crippen MR) is 99.9 cm³/mol. The minimum absolute atomic E-state index is 0.0549. The molecule has 1 fully saturated rings. The highest BCUT2D eigenvalue weighted by molar-refractivity contribution is 5.79. The third-order valence-corrected chi connectivity index (χ3v) is 5.76. The predicted octanol–water partition coefficient (Wildman–Crippen LogP) is 3.15. The highest BCUT2D eigenvalue weighted by Crippen LogP contribution is 2.29. The highest BCUT2D eigenvalue weighted by atomic mass is 16.5. The van der Waals surface area contributed by atoms with Crippen molar-refractivity contribution in [2.75, 3.05) is 19.7 Å². The molecule has 0 N–H and O–H groups in total. The van der Waals surface area contributed by atoms with Gasteiger partial charge in [-0.2, -0.15) is 5.10 Å². The molecule has 0 aliphatic carbocycles. The van der Waals surface area contributed by atoms with Crippen molar-refractivity contribution in [1.82, 2.24) is 14.7 Å².